The van der Waals surface area contributed by atoms with Gasteiger partial charge in [-0.25, -0.2) is 0 Å². The third-order valence-electron chi connectivity index (χ3n) is 3.68. The van der Waals surface area contributed by atoms with Crippen molar-refractivity contribution in [2.45, 2.75) is 71.1 Å². The highest BCUT2D eigenvalue weighted by molar-refractivity contribution is 7.81. The molecule has 0 aromatic carbocycles. The fourth-order valence-corrected chi connectivity index (χ4v) is 2.38. The zero-order valence-electron chi connectivity index (χ0n) is 16.7. The van der Waals surface area contributed by atoms with E-state index in [9.17, 15) is 19.2 Å². The van der Waals surface area contributed by atoms with E-state index >= 15 is 0 Å². The Balaban J connectivity index is 0. The molecule has 8 heteroatoms. The molecule has 0 aliphatic carbocycles. The van der Waals surface area contributed by atoms with Crippen molar-refractivity contribution >= 4 is 36.6 Å². The number of nitrogens with one attached hydrogen (secondary N) is 1. The van der Waals surface area contributed by atoms with Crippen LogP contribution in [0, 0.1) is 5.92 Å². The van der Waals surface area contributed by atoms with Crippen LogP contribution in [0.4, 0.5) is 0 Å². The van der Waals surface area contributed by atoms with Gasteiger partial charge in [0.15, 0.2) is 0 Å². The maximum atomic E-state index is 11.6. The van der Waals surface area contributed by atoms with Crippen LogP contribution < -0.4 is 11.1 Å². The molecule has 1 saturated heterocycles. The molecule has 0 radical (unpaired) electrons. The molecule has 0 aromatic heterocycles. The Labute approximate surface area is 162 Å². The maximum absolute atomic E-state index is 11.6. The summed E-state index contributed by atoms with van der Waals surface area (Å²) < 4.78 is 0. The first kappa shape index (κ1) is 26.8. The monoisotopic (exact) mass is 389 g/mol. The number of hydrogen-bond donors (Lipinski definition) is 3. The summed E-state index contributed by atoms with van der Waals surface area (Å²) >= 11 is 3.99. The van der Waals surface area contributed by atoms with Crippen LogP contribution in [-0.4, -0.2) is 53.8 Å². The van der Waals surface area contributed by atoms with Crippen molar-refractivity contribution in [1.29, 1.82) is 0 Å². The van der Waals surface area contributed by atoms with Gasteiger partial charge in [-0.1, -0.05) is 47.0 Å². The van der Waals surface area contributed by atoms with Crippen LogP contribution >= 0.6 is 12.6 Å². The van der Waals surface area contributed by atoms with Crippen molar-refractivity contribution in [3.63, 3.8) is 0 Å². The van der Waals surface area contributed by atoms with E-state index in [4.69, 9.17) is 0 Å². The van der Waals surface area contributed by atoms with Crippen LogP contribution in [-0.2, 0) is 19.2 Å². The Morgan fingerprint density at radius 3 is 2.15 bits per heavy atom. The standard InChI is InChI=1S/C12H18N2O4S.C5H12.CH5N/c1-7(2)8(6-15)13-10(16)3-4-14-11(17)5-9(19)12(14)18;1-3-5-4-2;1-2/h6-9,19H,3-5H2,1-2H3,(H,13,16);3-5H2,1-2H3;2H2,1H3. The highest BCUT2D eigenvalue weighted by atomic mass is 32.1. The van der Waals surface area contributed by atoms with Crippen molar-refractivity contribution in [1.82, 2.24) is 10.2 Å². The smallest absolute Gasteiger partial charge is 0.242 e. The summed E-state index contributed by atoms with van der Waals surface area (Å²) in [6.45, 7) is 8.09. The maximum Gasteiger partial charge on any atom is 0.242 e. The zero-order valence-corrected chi connectivity index (χ0v) is 17.6. The number of aldehydes is 1. The molecule has 2 atom stereocenters. The first-order valence-corrected chi connectivity index (χ1v) is 9.64. The number of rotatable bonds is 8. The van der Waals surface area contributed by atoms with Crippen LogP contribution in [0.3, 0.4) is 0 Å². The minimum atomic E-state index is -0.603. The predicted molar refractivity (Wildman–Crippen MR) is 107 cm³/mol. The number of unbranched alkanes of at least 4 members (excludes halogenated alkanes) is 2. The largest absolute Gasteiger partial charge is 0.346 e. The Morgan fingerprint density at radius 1 is 1.31 bits per heavy atom. The second-order valence-corrected chi connectivity index (χ2v) is 6.80. The second kappa shape index (κ2) is 15.8. The van der Waals surface area contributed by atoms with Crippen LogP contribution in [0.1, 0.15) is 59.8 Å². The van der Waals surface area contributed by atoms with Crippen LogP contribution in [0.2, 0.25) is 0 Å². The fourth-order valence-electron chi connectivity index (χ4n) is 2.08. The minimum Gasteiger partial charge on any atom is -0.346 e. The molecule has 0 bridgehead atoms. The Kier molecular flexibility index (Phi) is 16.3. The molecular formula is C18H35N3O4S. The normalized spacial score (nSPS) is 17.1. The number of thiol groups is 1. The average Bonchev–Trinajstić information content (AvgIpc) is 2.85. The van der Waals surface area contributed by atoms with Crippen LogP contribution in [0.5, 0.6) is 0 Å². The zero-order chi connectivity index (χ0) is 20.7. The lowest BCUT2D eigenvalue weighted by molar-refractivity contribution is -0.138. The highest BCUT2D eigenvalue weighted by Gasteiger charge is 2.36. The summed E-state index contributed by atoms with van der Waals surface area (Å²) in [5.41, 5.74) is 4.50. The van der Waals surface area contributed by atoms with Gasteiger partial charge in [0.2, 0.25) is 17.7 Å². The summed E-state index contributed by atoms with van der Waals surface area (Å²) in [7, 11) is 1.50. The van der Waals surface area contributed by atoms with Gasteiger partial charge in [0.1, 0.15) is 6.29 Å². The first-order valence-electron chi connectivity index (χ1n) is 9.13. The number of carbonyl (C=O) groups excluding carboxylic acids is 4. The molecule has 1 fully saturated rings. The number of amides is 3. The Morgan fingerprint density at radius 2 is 1.85 bits per heavy atom. The van der Waals surface area contributed by atoms with E-state index in [1.807, 2.05) is 13.8 Å². The quantitative estimate of drug-likeness (QED) is 0.331. The SMILES string of the molecule is CC(C)C(C=O)NC(=O)CCN1C(=O)CC(S)C1=O.CCCCC.CN. The molecule has 1 aliphatic rings. The molecule has 3 N–H and O–H groups in total. The van der Waals surface area contributed by atoms with Crippen LogP contribution in [0.15, 0.2) is 0 Å². The minimum absolute atomic E-state index is 0.00155. The molecule has 3 amide bonds. The topological polar surface area (TPSA) is 110 Å². The van der Waals surface area contributed by atoms with E-state index in [1.165, 1.54) is 26.3 Å². The summed E-state index contributed by atoms with van der Waals surface area (Å²) in [4.78, 5) is 46.4. The molecule has 2 unspecified atom stereocenters. The van der Waals surface area contributed by atoms with E-state index in [2.05, 4.69) is 37.5 Å². The van der Waals surface area contributed by atoms with E-state index in [0.29, 0.717) is 6.29 Å². The van der Waals surface area contributed by atoms with Crippen molar-refractivity contribution in [2.24, 2.45) is 11.7 Å². The fraction of sp³-hybridized carbons (Fsp3) is 0.778. The third kappa shape index (κ3) is 10.6. The summed E-state index contributed by atoms with van der Waals surface area (Å²) in [6, 6.07) is -0.546. The molecule has 0 aromatic rings. The number of likely N-dealkylation sites (tertiary alicyclic amines) is 1. The van der Waals surface area contributed by atoms with E-state index in [-0.39, 0.29) is 43.0 Å². The molecule has 0 spiro atoms. The third-order valence-corrected chi connectivity index (χ3v) is 4.09. The predicted octanol–water partition coefficient (Wildman–Crippen LogP) is 1.54. The molecule has 152 valence electrons. The number of carbonyl (C=O) groups is 4. The molecule has 1 aliphatic heterocycles. The van der Waals surface area contributed by atoms with E-state index < -0.39 is 11.3 Å². The lowest BCUT2D eigenvalue weighted by Crippen LogP contribution is -2.41. The van der Waals surface area contributed by atoms with Gasteiger partial charge < -0.3 is 15.8 Å². The summed E-state index contributed by atoms with van der Waals surface area (Å²) in [5, 5.41) is 1.95. The number of hydrogen-bond acceptors (Lipinski definition) is 6. The molecule has 7 nitrogen and oxygen atoms in total. The van der Waals surface area contributed by atoms with Gasteiger partial charge in [-0.2, -0.15) is 12.6 Å². The van der Waals surface area contributed by atoms with Gasteiger partial charge >= 0.3 is 0 Å². The Bertz CT molecular complexity index is 442. The number of imide groups is 1. The van der Waals surface area contributed by atoms with Crippen molar-refractivity contribution in [3.8, 4) is 0 Å². The van der Waals surface area contributed by atoms with Gasteiger partial charge in [0.25, 0.3) is 0 Å². The van der Waals surface area contributed by atoms with Gasteiger partial charge in [0, 0.05) is 19.4 Å². The molecule has 0 saturated carbocycles. The average molecular weight is 390 g/mol. The summed E-state index contributed by atoms with van der Waals surface area (Å²) in [6.07, 6.45) is 4.83. The van der Waals surface area contributed by atoms with Crippen LogP contribution in [0.25, 0.3) is 0 Å². The molecule has 1 rings (SSSR count). The lowest BCUT2D eigenvalue weighted by atomic mass is 10.1. The number of nitrogens with zero attached hydrogens (tertiary/aromatic N) is 1. The van der Waals surface area contributed by atoms with E-state index in [1.54, 1.807) is 0 Å². The first-order chi connectivity index (χ1) is 12.3. The molecule has 1 heterocycles. The van der Waals surface area contributed by atoms with Crippen molar-refractivity contribution in [2.75, 3.05) is 13.6 Å². The van der Waals surface area contributed by atoms with Gasteiger partial charge in [0.05, 0.1) is 11.3 Å². The molecular weight excluding hydrogens is 354 g/mol. The number of nitrogens with two attached hydrogens (primary N) is 1. The van der Waals surface area contributed by atoms with E-state index in [0.717, 1.165) is 4.90 Å². The highest BCUT2D eigenvalue weighted by Crippen LogP contribution is 2.17. The van der Waals surface area contributed by atoms with Gasteiger partial charge in [-0.15, -0.1) is 0 Å². The van der Waals surface area contributed by atoms with Gasteiger partial charge in [-0.3, -0.25) is 19.3 Å². The van der Waals surface area contributed by atoms with Crippen molar-refractivity contribution in [3.05, 3.63) is 0 Å². The Hall–Kier alpha value is -1.41. The summed E-state index contributed by atoms with van der Waals surface area (Å²) in [5.74, 6) is -1.03. The lowest BCUT2D eigenvalue weighted by Gasteiger charge is -2.18. The van der Waals surface area contributed by atoms with Crippen molar-refractivity contribution < 1.29 is 19.2 Å². The second-order valence-electron chi connectivity index (χ2n) is 6.18. The van der Waals surface area contributed by atoms with Gasteiger partial charge in [-0.05, 0) is 13.0 Å². The molecule has 26 heavy (non-hydrogen) atoms.